The number of aromatic nitrogens is 1. The molecule has 0 fully saturated rings. The molecule has 156 valence electrons. The van der Waals surface area contributed by atoms with Crippen LogP contribution in [0.5, 0.6) is 0 Å². The summed E-state index contributed by atoms with van der Waals surface area (Å²) in [4.78, 5) is 18.7. The van der Waals surface area contributed by atoms with E-state index in [1.54, 1.807) is 17.5 Å². The number of hydrogen-bond acceptors (Lipinski definition) is 6. The molecule has 30 heavy (non-hydrogen) atoms. The topological polar surface area (TPSA) is 91.4 Å². The van der Waals surface area contributed by atoms with E-state index in [9.17, 15) is 13.2 Å². The molecular weight excluding hydrogens is 444 g/mol. The number of halogens is 1. The number of benzene rings is 1. The van der Waals surface area contributed by atoms with Gasteiger partial charge in [0.1, 0.15) is 6.04 Å². The molecule has 1 amide bonds. The van der Waals surface area contributed by atoms with E-state index in [0.29, 0.717) is 15.9 Å². The van der Waals surface area contributed by atoms with Crippen molar-refractivity contribution in [1.29, 1.82) is 0 Å². The highest BCUT2D eigenvalue weighted by molar-refractivity contribution is 7.93. The Balaban J connectivity index is 1.41. The molecule has 4 rings (SSSR count). The summed E-state index contributed by atoms with van der Waals surface area (Å²) in [5.74, 6) is -0.00605. The van der Waals surface area contributed by atoms with E-state index in [1.165, 1.54) is 29.7 Å². The third kappa shape index (κ3) is 4.28. The summed E-state index contributed by atoms with van der Waals surface area (Å²) in [7, 11) is -3.73. The van der Waals surface area contributed by atoms with Crippen molar-refractivity contribution in [2.75, 3.05) is 10.0 Å². The van der Waals surface area contributed by atoms with E-state index < -0.39 is 16.1 Å². The maximum Gasteiger partial charge on any atom is 0.263 e. The molecule has 2 heterocycles. The van der Waals surface area contributed by atoms with E-state index >= 15 is 0 Å². The third-order valence-corrected chi connectivity index (χ3v) is 7.36. The quantitative estimate of drug-likeness (QED) is 0.681. The molecule has 2 aromatic rings. The maximum absolute atomic E-state index is 12.8. The molecule has 0 saturated carbocycles. The number of anilines is 2. The molecule has 10 heteroatoms. The fraction of sp³-hybridized carbons (Fsp3) is 0.200. The first-order valence-electron chi connectivity index (χ1n) is 9.18. The minimum Gasteiger partial charge on any atom is -0.359 e. The highest BCUT2D eigenvalue weighted by Crippen LogP contribution is 2.31. The average Bonchev–Trinajstić information content (AvgIpc) is 3.37. The molecule has 0 spiro atoms. The number of amides is 1. The number of carbonyl (C=O) groups is 1. The fourth-order valence-electron chi connectivity index (χ4n) is 3.34. The lowest BCUT2D eigenvalue weighted by Crippen LogP contribution is -2.44. The Hall–Kier alpha value is -2.62. The van der Waals surface area contributed by atoms with Crippen LogP contribution in [0, 0.1) is 5.92 Å². The predicted octanol–water partition coefficient (Wildman–Crippen LogP) is 3.78. The van der Waals surface area contributed by atoms with Crippen molar-refractivity contribution in [2.24, 2.45) is 5.92 Å². The molecule has 1 aliphatic heterocycles. The Morgan fingerprint density at radius 2 is 2.03 bits per heavy atom. The minimum absolute atomic E-state index is 0.00713. The highest BCUT2D eigenvalue weighted by atomic mass is 35.5. The van der Waals surface area contributed by atoms with Crippen molar-refractivity contribution in [3.63, 3.8) is 0 Å². The van der Waals surface area contributed by atoms with Crippen molar-refractivity contribution >= 4 is 49.7 Å². The van der Waals surface area contributed by atoms with E-state index in [0.717, 1.165) is 0 Å². The van der Waals surface area contributed by atoms with Gasteiger partial charge in [0.15, 0.2) is 5.13 Å². The molecule has 0 saturated heterocycles. The average molecular weight is 463 g/mol. The van der Waals surface area contributed by atoms with E-state index in [4.69, 9.17) is 11.6 Å². The van der Waals surface area contributed by atoms with Gasteiger partial charge < -0.3 is 10.2 Å². The lowest BCUT2D eigenvalue weighted by atomic mass is 9.96. The number of sulfonamides is 1. The number of hydrogen-bond donors (Lipinski definition) is 2. The summed E-state index contributed by atoms with van der Waals surface area (Å²) in [6.07, 6.45) is 11.3. The molecule has 1 aromatic heterocycles. The number of nitrogens with zero attached hydrogens (tertiary/aromatic N) is 2. The van der Waals surface area contributed by atoms with E-state index in [1.807, 2.05) is 42.3 Å². The van der Waals surface area contributed by atoms with Gasteiger partial charge >= 0.3 is 0 Å². The second kappa shape index (κ2) is 8.25. The normalized spacial score (nSPS) is 21.1. The zero-order valence-electron chi connectivity index (χ0n) is 15.9. The van der Waals surface area contributed by atoms with Crippen molar-refractivity contribution in [1.82, 2.24) is 9.88 Å². The highest BCUT2D eigenvalue weighted by Gasteiger charge is 2.33. The molecule has 2 aliphatic rings. The molecular formula is C20H19ClN4O3S2. The molecule has 0 radical (unpaired) electrons. The van der Waals surface area contributed by atoms with Crippen LogP contribution in [-0.4, -0.2) is 36.3 Å². The second-order valence-electron chi connectivity index (χ2n) is 6.90. The summed E-state index contributed by atoms with van der Waals surface area (Å²) < 4.78 is 27.2. The molecule has 3 unspecified atom stereocenters. The van der Waals surface area contributed by atoms with Crippen LogP contribution in [0.1, 0.15) is 6.92 Å². The van der Waals surface area contributed by atoms with Gasteiger partial charge in [0.25, 0.3) is 10.0 Å². The molecule has 7 nitrogen and oxygen atoms in total. The van der Waals surface area contributed by atoms with Crippen LogP contribution in [0.2, 0.25) is 0 Å². The zero-order chi connectivity index (χ0) is 21.3. The standard InChI is InChI=1S/C20H19ClN4O3S2/c1-13(25-10-8-14-2-3-15(21)12-18(14)25)19(26)23-16-4-6-17(7-5-16)30(27,28)24-20-22-9-11-29-20/h2-14,18H,1H3,(H,22,24)(H,23,26). The van der Waals surface area contributed by atoms with E-state index in [2.05, 4.69) is 15.0 Å². The number of carbonyl (C=O) groups excluding carboxylic acids is 1. The molecule has 3 atom stereocenters. The Morgan fingerprint density at radius 1 is 1.27 bits per heavy atom. The van der Waals surface area contributed by atoms with Crippen LogP contribution in [0.3, 0.4) is 0 Å². The summed E-state index contributed by atoms with van der Waals surface area (Å²) >= 11 is 7.31. The van der Waals surface area contributed by atoms with Crippen LogP contribution < -0.4 is 10.0 Å². The van der Waals surface area contributed by atoms with Gasteiger partial charge in [-0.1, -0.05) is 23.8 Å². The summed E-state index contributed by atoms with van der Waals surface area (Å²) in [5.41, 5.74) is 0.511. The minimum atomic E-state index is -3.73. The van der Waals surface area contributed by atoms with Gasteiger partial charge in [0, 0.05) is 28.2 Å². The molecule has 2 N–H and O–H groups in total. The largest absolute Gasteiger partial charge is 0.359 e. The number of fused-ring (bicyclic) bond motifs is 1. The van der Waals surface area contributed by atoms with Gasteiger partial charge in [-0.25, -0.2) is 13.4 Å². The zero-order valence-corrected chi connectivity index (χ0v) is 18.3. The van der Waals surface area contributed by atoms with Gasteiger partial charge in [-0.3, -0.25) is 9.52 Å². The summed E-state index contributed by atoms with van der Waals surface area (Å²) in [5, 5.41) is 5.47. The van der Waals surface area contributed by atoms with Gasteiger partial charge in [-0.15, -0.1) is 11.3 Å². The second-order valence-corrected chi connectivity index (χ2v) is 9.91. The van der Waals surface area contributed by atoms with Crippen LogP contribution in [0.4, 0.5) is 10.8 Å². The first kappa shape index (κ1) is 20.6. The number of rotatable bonds is 6. The molecule has 1 aliphatic carbocycles. The van der Waals surface area contributed by atoms with Gasteiger partial charge in [0.2, 0.25) is 5.91 Å². The lowest BCUT2D eigenvalue weighted by Gasteiger charge is -2.32. The lowest BCUT2D eigenvalue weighted by molar-refractivity contribution is -0.120. The Bertz CT molecular complexity index is 1130. The van der Waals surface area contributed by atoms with Gasteiger partial charge in [-0.2, -0.15) is 0 Å². The fourth-order valence-corrected chi connectivity index (χ4v) is 5.33. The third-order valence-electron chi connectivity index (χ3n) is 4.94. The first-order chi connectivity index (χ1) is 14.3. The Kier molecular flexibility index (Phi) is 5.68. The van der Waals surface area contributed by atoms with Crippen LogP contribution in [0.15, 0.2) is 76.3 Å². The number of allylic oxidation sites excluding steroid dienone is 2. The van der Waals surface area contributed by atoms with Crippen LogP contribution >= 0.6 is 22.9 Å². The number of thiazole rings is 1. The van der Waals surface area contributed by atoms with Crippen molar-refractivity contribution < 1.29 is 13.2 Å². The van der Waals surface area contributed by atoms with Gasteiger partial charge in [-0.05, 0) is 49.5 Å². The van der Waals surface area contributed by atoms with Crippen LogP contribution in [-0.2, 0) is 14.8 Å². The maximum atomic E-state index is 12.8. The van der Waals surface area contributed by atoms with Gasteiger partial charge in [0.05, 0.1) is 10.9 Å². The summed E-state index contributed by atoms with van der Waals surface area (Å²) in [6.45, 7) is 1.82. The number of nitrogens with one attached hydrogen (secondary N) is 2. The van der Waals surface area contributed by atoms with Crippen molar-refractivity contribution in [3.8, 4) is 0 Å². The summed E-state index contributed by atoms with van der Waals surface area (Å²) in [6, 6.07) is 5.58. The van der Waals surface area contributed by atoms with Crippen LogP contribution in [0.25, 0.3) is 0 Å². The van der Waals surface area contributed by atoms with E-state index in [-0.39, 0.29) is 22.8 Å². The van der Waals surface area contributed by atoms with Crippen molar-refractivity contribution in [2.45, 2.75) is 23.9 Å². The Morgan fingerprint density at radius 3 is 2.73 bits per heavy atom. The first-order valence-corrected chi connectivity index (χ1v) is 11.9. The SMILES string of the molecule is CC(C(=O)Nc1ccc(S(=O)(=O)Nc2nccs2)cc1)N1C=CC2C=CC(Cl)=CC21. The monoisotopic (exact) mass is 462 g/mol. The molecule has 0 bridgehead atoms. The predicted molar refractivity (Wildman–Crippen MR) is 119 cm³/mol. The Labute approximate surface area is 183 Å². The molecule has 1 aromatic carbocycles. The van der Waals surface area contributed by atoms with Crippen molar-refractivity contribution in [3.05, 3.63) is 71.4 Å². The smallest absolute Gasteiger partial charge is 0.263 e.